The third kappa shape index (κ3) is 6.17. The van der Waals surface area contributed by atoms with Gasteiger partial charge >= 0.3 is 0 Å². The van der Waals surface area contributed by atoms with Crippen LogP contribution in [0.3, 0.4) is 0 Å². The molecule has 0 aliphatic carbocycles. The summed E-state index contributed by atoms with van der Waals surface area (Å²) in [5, 5.41) is 8.09. The topological polar surface area (TPSA) is 80.3 Å². The smallest absolute Gasteiger partial charge is 0.250 e. The highest BCUT2D eigenvalue weighted by molar-refractivity contribution is 7.14. The number of halogens is 1. The summed E-state index contributed by atoms with van der Waals surface area (Å²) in [5.41, 5.74) is 1.96. The highest BCUT2D eigenvalue weighted by atomic mass is 35.5. The van der Waals surface area contributed by atoms with E-state index in [9.17, 15) is 9.59 Å². The lowest BCUT2D eigenvalue weighted by atomic mass is 10.2. The van der Waals surface area contributed by atoms with Crippen LogP contribution in [-0.2, 0) is 16.0 Å². The first-order valence-electron chi connectivity index (χ1n) is 8.65. The van der Waals surface area contributed by atoms with Crippen molar-refractivity contribution in [3.05, 3.63) is 76.3 Å². The normalized spacial score (nSPS) is 10.7. The predicted molar refractivity (Wildman–Crippen MR) is 117 cm³/mol. The van der Waals surface area contributed by atoms with Crippen LogP contribution in [0.5, 0.6) is 5.75 Å². The molecule has 3 rings (SSSR count). The third-order valence-electron chi connectivity index (χ3n) is 3.79. The number of thiazole rings is 1. The van der Waals surface area contributed by atoms with E-state index in [0.29, 0.717) is 27.3 Å². The maximum atomic E-state index is 12.3. The molecule has 0 aliphatic heterocycles. The van der Waals surface area contributed by atoms with Gasteiger partial charge in [-0.2, -0.15) is 0 Å². The molecule has 0 bridgehead atoms. The van der Waals surface area contributed by atoms with Gasteiger partial charge in [-0.25, -0.2) is 4.98 Å². The lowest BCUT2D eigenvalue weighted by Gasteiger charge is -2.10. The lowest BCUT2D eigenvalue weighted by molar-refractivity contribution is -0.115. The average Bonchev–Trinajstić information content (AvgIpc) is 3.14. The number of nitrogens with zero attached hydrogens (tertiary/aromatic N) is 1. The largest absolute Gasteiger partial charge is 0.495 e. The van der Waals surface area contributed by atoms with Crippen LogP contribution in [0.15, 0.2) is 60.0 Å². The molecule has 2 N–H and O–H groups in total. The minimum Gasteiger partial charge on any atom is -0.495 e. The molecule has 8 heteroatoms. The number of carbonyl (C=O) groups excluding carboxylic acids is 2. The van der Waals surface area contributed by atoms with Crippen molar-refractivity contribution in [2.24, 2.45) is 0 Å². The molecule has 0 unspecified atom stereocenters. The molecule has 1 aromatic heterocycles. The van der Waals surface area contributed by atoms with Crippen molar-refractivity contribution in [2.45, 2.75) is 6.42 Å². The fourth-order valence-corrected chi connectivity index (χ4v) is 3.35. The molecular formula is C21H18ClN3O3S. The predicted octanol–water partition coefficient (Wildman–Crippen LogP) is 4.64. The van der Waals surface area contributed by atoms with E-state index in [1.165, 1.54) is 24.5 Å². The molecule has 148 valence electrons. The number of benzene rings is 2. The van der Waals surface area contributed by atoms with Crippen molar-refractivity contribution in [3.8, 4) is 5.75 Å². The van der Waals surface area contributed by atoms with E-state index in [0.717, 1.165) is 5.56 Å². The number of nitrogens with one attached hydrogen (secondary N) is 2. The van der Waals surface area contributed by atoms with E-state index in [2.05, 4.69) is 15.6 Å². The Kier molecular flexibility index (Phi) is 6.99. The number of carbonyl (C=O) groups is 2. The quantitative estimate of drug-likeness (QED) is 0.538. The summed E-state index contributed by atoms with van der Waals surface area (Å²) in [5.74, 6) is -0.0419. The van der Waals surface area contributed by atoms with Crippen LogP contribution >= 0.6 is 22.9 Å². The van der Waals surface area contributed by atoms with Crippen LogP contribution in [0.2, 0.25) is 5.02 Å². The van der Waals surface area contributed by atoms with E-state index in [1.807, 2.05) is 30.3 Å². The molecule has 0 fully saturated rings. The van der Waals surface area contributed by atoms with E-state index in [4.69, 9.17) is 16.3 Å². The minimum absolute atomic E-state index is 0.0574. The van der Waals surface area contributed by atoms with Gasteiger partial charge in [-0.3, -0.25) is 14.9 Å². The van der Waals surface area contributed by atoms with Crippen LogP contribution in [0.25, 0.3) is 6.08 Å². The zero-order valence-electron chi connectivity index (χ0n) is 15.5. The molecule has 2 amide bonds. The summed E-state index contributed by atoms with van der Waals surface area (Å²) in [7, 11) is 1.51. The van der Waals surface area contributed by atoms with Crippen LogP contribution in [0.1, 0.15) is 11.3 Å². The molecule has 2 aromatic carbocycles. The third-order valence-corrected chi connectivity index (χ3v) is 4.83. The molecule has 0 aliphatic rings. The molecule has 0 atom stereocenters. The second-order valence-electron chi connectivity index (χ2n) is 5.95. The number of amides is 2. The monoisotopic (exact) mass is 427 g/mol. The Balaban J connectivity index is 1.56. The number of aromatic nitrogens is 1. The van der Waals surface area contributed by atoms with Gasteiger partial charge in [-0.15, -0.1) is 11.3 Å². The molecular weight excluding hydrogens is 410 g/mol. The van der Waals surface area contributed by atoms with Gasteiger partial charge in [0, 0.05) is 16.5 Å². The van der Waals surface area contributed by atoms with Crippen molar-refractivity contribution in [2.75, 3.05) is 17.7 Å². The second-order valence-corrected chi connectivity index (χ2v) is 7.24. The van der Waals surface area contributed by atoms with E-state index < -0.39 is 0 Å². The van der Waals surface area contributed by atoms with Gasteiger partial charge in [-0.05, 0) is 29.8 Å². The number of ether oxygens (including phenoxy) is 1. The van der Waals surface area contributed by atoms with Crippen molar-refractivity contribution < 1.29 is 14.3 Å². The summed E-state index contributed by atoms with van der Waals surface area (Å²) in [6.45, 7) is 0. The van der Waals surface area contributed by atoms with Crippen molar-refractivity contribution in [1.29, 1.82) is 0 Å². The van der Waals surface area contributed by atoms with E-state index >= 15 is 0 Å². The zero-order chi connectivity index (χ0) is 20.6. The van der Waals surface area contributed by atoms with Gasteiger partial charge in [0.2, 0.25) is 11.8 Å². The Labute approximate surface area is 177 Å². The SMILES string of the molecule is COc1ccc(Cl)cc1NC(=O)Cc1csc(NC(=O)/C=C/c2ccccc2)n1. The molecule has 0 spiro atoms. The van der Waals surface area contributed by atoms with Crippen molar-refractivity contribution in [3.63, 3.8) is 0 Å². The Morgan fingerprint density at radius 2 is 1.97 bits per heavy atom. The average molecular weight is 428 g/mol. The molecule has 3 aromatic rings. The highest BCUT2D eigenvalue weighted by Crippen LogP contribution is 2.28. The first kappa shape index (κ1) is 20.6. The number of hydrogen-bond acceptors (Lipinski definition) is 5. The number of methoxy groups -OCH3 is 1. The van der Waals surface area contributed by atoms with Gasteiger partial charge in [0.25, 0.3) is 0 Å². The van der Waals surface area contributed by atoms with E-state index in [1.54, 1.807) is 29.7 Å². The fraction of sp³-hybridized carbons (Fsp3) is 0.0952. The van der Waals surface area contributed by atoms with Crippen LogP contribution in [0.4, 0.5) is 10.8 Å². The number of rotatable bonds is 7. The highest BCUT2D eigenvalue weighted by Gasteiger charge is 2.12. The molecule has 0 saturated carbocycles. The Bertz CT molecular complexity index is 1030. The standard InChI is InChI=1S/C21H18ClN3O3S/c1-28-18-9-8-15(22)11-17(18)24-20(27)12-16-13-29-21(23-16)25-19(26)10-7-14-5-3-2-4-6-14/h2-11,13H,12H2,1H3,(H,24,27)(H,23,25,26)/b10-7+. The van der Waals surface area contributed by atoms with Gasteiger partial charge in [-0.1, -0.05) is 41.9 Å². The Hall–Kier alpha value is -3.16. The molecule has 0 saturated heterocycles. The Morgan fingerprint density at radius 3 is 2.72 bits per heavy atom. The van der Waals surface area contributed by atoms with Gasteiger partial charge in [0.05, 0.1) is 24.9 Å². The first-order chi connectivity index (χ1) is 14.0. The van der Waals surface area contributed by atoms with Crippen LogP contribution < -0.4 is 15.4 Å². The maximum absolute atomic E-state index is 12.3. The lowest BCUT2D eigenvalue weighted by Crippen LogP contribution is -2.15. The summed E-state index contributed by atoms with van der Waals surface area (Å²) in [4.78, 5) is 28.6. The molecule has 0 radical (unpaired) electrons. The van der Waals surface area contributed by atoms with Gasteiger partial charge in [0.15, 0.2) is 5.13 Å². The molecule has 1 heterocycles. The minimum atomic E-state index is -0.289. The molecule has 29 heavy (non-hydrogen) atoms. The first-order valence-corrected chi connectivity index (χ1v) is 9.91. The number of hydrogen-bond donors (Lipinski definition) is 2. The summed E-state index contributed by atoms with van der Waals surface area (Å²) in [6.07, 6.45) is 3.21. The summed E-state index contributed by atoms with van der Waals surface area (Å²) >= 11 is 7.23. The summed E-state index contributed by atoms with van der Waals surface area (Å²) in [6, 6.07) is 14.5. The van der Waals surface area contributed by atoms with Crippen molar-refractivity contribution >= 4 is 51.6 Å². The second kappa shape index (κ2) is 9.86. The van der Waals surface area contributed by atoms with Crippen LogP contribution in [0, 0.1) is 0 Å². The maximum Gasteiger partial charge on any atom is 0.250 e. The van der Waals surface area contributed by atoms with Gasteiger partial charge < -0.3 is 10.1 Å². The summed E-state index contributed by atoms with van der Waals surface area (Å²) < 4.78 is 5.21. The number of anilines is 2. The Morgan fingerprint density at radius 1 is 1.17 bits per heavy atom. The van der Waals surface area contributed by atoms with Crippen LogP contribution in [-0.4, -0.2) is 23.9 Å². The van der Waals surface area contributed by atoms with Crippen molar-refractivity contribution in [1.82, 2.24) is 4.98 Å². The fourth-order valence-electron chi connectivity index (χ4n) is 2.47. The zero-order valence-corrected chi connectivity index (χ0v) is 17.1. The van der Waals surface area contributed by atoms with Gasteiger partial charge in [0.1, 0.15) is 5.75 Å². The molecule has 6 nitrogen and oxygen atoms in total. The van der Waals surface area contributed by atoms with E-state index in [-0.39, 0.29) is 18.2 Å².